The molecule has 0 saturated heterocycles. The predicted octanol–water partition coefficient (Wildman–Crippen LogP) is 2.65. The summed E-state index contributed by atoms with van der Waals surface area (Å²) in [6.45, 7) is 4.14. The van der Waals surface area contributed by atoms with E-state index in [1.807, 2.05) is 17.8 Å². The van der Waals surface area contributed by atoms with Crippen LogP contribution < -0.4 is 0 Å². The molecule has 0 fully saturated rings. The molecule has 0 atom stereocenters. The lowest BCUT2D eigenvalue weighted by Gasteiger charge is -2.07. The SMILES string of the molecule is CC(C)c1cc(Cl)nc(-c2nccn2C)n1. The smallest absolute Gasteiger partial charge is 0.197 e. The van der Waals surface area contributed by atoms with Crippen LogP contribution in [0.2, 0.25) is 5.15 Å². The number of imidazole rings is 1. The highest BCUT2D eigenvalue weighted by atomic mass is 35.5. The van der Waals surface area contributed by atoms with Crippen LogP contribution in [0.15, 0.2) is 18.5 Å². The summed E-state index contributed by atoms with van der Waals surface area (Å²) < 4.78 is 1.87. The van der Waals surface area contributed by atoms with E-state index in [-0.39, 0.29) is 0 Å². The Balaban J connectivity index is 2.54. The van der Waals surface area contributed by atoms with Crippen molar-refractivity contribution in [3.8, 4) is 11.6 Å². The zero-order valence-corrected chi connectivity index (χ0v) is 10.2. The van der Waals surface area contributed by atoms with Crippen molar-refractivity contribution in [2.45, 2.75) is 19.8 Å². The number of halogens is 1. The minimum absolute atomic E-state index is 0.319. The Morgan fingerprint density at radius 2 is 2.06 bits per heavy atom. The number of aryl methyl sites for hydroxylation is 1. The molecule has 0 saturated carbocycles. The fourth-order valence-electron chi connectivity index (χ4n) is 1.41. The molecular weight excluding hydrogens is 224 g/mol. The highest BCUT2D eigenvalue weighted by Gasteiger charge is 2.11. The van der Waals surface area contributed by atoms with Gasteiger partial charge in [-0.25, -0.2) is 15.0 Å². The summed E-state index contributed by atoms with van der Waals surface area (Å²) in [7, 11) is 1.90. The van der Waals surface area contributed by atoms with Crippen molar-refractivity contribution < 1.29 is 0 Å². The van der Waals surface area contributed by atoms with Gasteiger partial charge in [0.2, 0.25) is 0 Å². The maximum Gasteiger partial charge on any atom is 0.197 e. The molecule has 0 unspecified atom stereocenters. The van der Waals surface area contributed by atoms with E-state index < -0.39 is 0 Å². The van der Waals surface area contributed by atoms with Gasteiger partial charge in [0.25, 0.3) is 0 Å². The second kappa shape index (κ2) is 4.22. The second-order valence-corrected chi connectivity index (χ2v) is 4.34. The minimum atomic E-state index is 0.319. The van der Waals surface area contributed by atoms with Crippen molar-refractivity contribution in [2.75, 3.05) is 0 Å². The standard InChI is InChI=1S/C11H13ClN4/c1-7(2)8-6-9(12)15-10(14-8)11-13-4-5-16(11)3/h4-7H,1-3H3. The van der Waals surface area contributed by atoms with E-state index in [1.54, 1.807) is 12.3 Å². The average Bonchev–Trinajstić information content (AvgIpc) is 2.63. The number of aromatic nitrogens is 4. The van der Waals surface area contributed by atoms with Crippen LogP contribution in [0.4, 0.5) is 0 Å². The van der Waals surface area contributed by atoms with Crippen LogP contribution >= 0.6 is 11.6 Å². The van der Waals surface area contributed by atoms with Gasteiger partial charge in [-0.15, -0.1) is 0 Å². The summed E-state index contributed by atoms with van der Waals surface area (Å²) in [4.78, 5) is 12.9. The molecule has 0 aliphatic carbocycles. The van der Waals surface area contributed by atoms with Gasteiger partial charge < -0.3 is 4.57 Å². The van der Waals surface area contributed by atoms with Crippen LogP contribution in [0.25, 0.3) is 11.6 Å². The molecule has 0 amide bonds. The molecule has 0 N–H and O–H groups in total. The maximum atomic E-state index is 5.98. The van der Waals surface area contributed by atoms with Crippen molar-refractivity contribution in [3.05, 3.63) is 29.3 Å². The molecule has 0 aliphatic heterocycles. The topological polar surface area (TPSA) is 43.6 Å². The Kier molecular flexibility index (Phi) is 2.92. The molecule has 0 radical (unpaired) electrons. The first kappa shape index (κ1) is 11.1. The Bertz CT molecular complexity index is 504. The highest BCUT2D eigenvalue weighted by molar-refractivity contribution is 6.29. The first-order valence-corrected chi connectivity index (χ1v) is 5.48. The quantitative estimate of drug-likeness (QED) is 0.753. The van der Waals surface area contributed by atoms with Crippen LogP contribution in [0, 0.1) is 0 Å². The van der Waals surface area contributed by atoms with Crippen LogP contribution in [-0.4, -0.2) is 19.5 Å². The minimum Gasteiger partial charge on any atom is -0.331 e. The van der Waals surface area contributed by atoms with Crippen molar-refractivity contribution in [2.24, 2.45) is 7.05 Å². The lowest BCUT2D eigenvalue weighted by molar-refractivity contribution is 0.809. The van der Waals surface area contributed by atoms with Gasteiger partial charge in [0.1, 0.15) is 5.15 Å². The largest absolute Gasteiger partial charge is 0.331 e. The average molecular weight is 237 g/mol. The third kappa shape index (κ3) is 2.07. The van der Waals surface area contributed by atoms with Gasteiger partial charge in [-0.3, -0.25) is 0 Å². The Hall–Kier alpha value is -1.42. The maximum absolute atomic E-state index is 5.98. The van der Waals surface area contributed by atoms with Crippen LogP contribution in [0.5, 0.6) is 0 Å². The molecule has 0 spiro atoms. The van der Waals surface area contributed by atoms with Crippen molar-refractivity contribution in [1.29, 1.82) is 0 Å². The fourth-order valence-corrected chi connectivity index (χ4v) is 1.60. The first-order valence-electron chi connectivity index (χ1n) is 5.10. The Morgan fingerprint density at radius 1 is 1.31 bits per heavy atom. The molecule has 16 heavy (non-hydrogen) atoms. The molecule has 2 aromatic heterocycles. The van der Waals surface area contributed by atoms with E-state index in [9.17, 15) is 0 Å². The second-order valence-electron chi connectivity index (χ2n) is 3.96. The molecule has 2 rings (SSSR count). The predicted molar refractivity (Wildman–Crippen MR) is 63.3 cm³/mol. The van der Waals surface area contributed by atoms with E-state index in [2.05, 4.69) is 28.8 Å². The van der Waals surface area contributed by atoms with E-state index in [0.717, 1.165) is 11.5 Å². The zero-order valence-electron chi connectivity index (χ0n) is 9.48. The van der Waals surface area contributed by atoms with E-state index >= 15 is 0 Å². The van der Waals surface area contributed by atoms with Gasteiger partial charge in [0.15, 0.2) is 11.6 Å². The summed E-state index contributed by atoms with van der Waals surface area (Å²) in [5.41, 5.74) is 0.929. The number of hydrogen-bond acceptors (Lipinski definition) is 3. The molecule has 0 aliphatic rings. The van der Waals surface area contributed by atoms with Gasteiger partial charge in [-0.2, -0.15) is 0 Å². The molecule has 2 aromatic rings. The highest BCUT2D eigenvalue weighted by Crippen LogP contribution is 2.20. The summed E-state index contributed by atoms with van der Waals surface area (Å²) >= 11 is 5.98. The third-order valence-electron chi connectivity index (χ3n) is 2.33. The fraction of sp³-hybridized carbons (Fsp3) is 0.364. The van der Waals surface area contributed by atoms with Crippen molar-refractivity contribution in [3.63, 3.8) is 0 Å². The third-order valence-corrected chi connectivity index (χ3v) is 2.52. The molecular formula is C11H13ClN4. The summed E-state index contributed by atoms with van der Waals surface area (Å²) in [5, 5.41) is 0.455. The van der Waals surface area contributed by atoms with Crippen LogP contribution in [-0.2, 0) is 7.05 Å². The lowest BCUT2D eigenvalue weighted by Crippen LogP contribution is -2.01. The van der Waals surface area contributed by atoms with Crippen LogP contribution in [0.3, 0.4) is 0 Å². The monoisotopic (exact) mass is 236 g/mol. The van der Waals surface area contributed by atoms with Gasteiger partial charge in [-0.1, -0.05) is 25.4 Å². The van der Waals surface area contributed by atoms with Gasteiger partial charge in [0, 0.05) is 25.1 Å². The summed E-state index contributed by atoms with van der Waals surface area (Å²) in [6, 6.07) is 1.79. The van der Waals surface area contributed by atoms with E-state index in [1.165, 1.54) is 0 Å². The van der Waals surface area contributed by atoms with E-state index in [0.29, 0.717) is 16.9 Å². The summed E-state index contributed by atoms with van der Waals surface area (Å²) in [6.07, 6.45) is 3.57. The molecule has 2 heterocycles. The molecule has 84 valence electrons. The Morgan fingerprint density at radius 3 is 2.62 bits per heavy atom. The van der Waals surface area contributed by atoms with E-state index in [4.69, 9.17) is 11.6 Å². The number of hydrogen-bond donors (Lipinski definition) is 0. The normalized spacial score (nSPS) is 11.1. The van der Waals surface area contributed by atoms with Crippen molar-refractivity contribution >= 4 is 11.6 Å². The molecule has 4 nitrogen and oxygen atoms in total. The zero-order chi connectivity index (χ0) is 11.7. The number of rotatable bonds is 2. The van der Waals surface area contributed by atoms with Crippen molar-refractivity contribution in [1.82, 2.24) is 19.5 Å². The van der Waals surface area contributed by atoms with Gasteiger partial charge >= 0.3 is 0 Å². The first-order chi connectivity index (χ1) is 7.58. The lowest BCUT2D eigenvalue weighted by atomic mass is 10.1. The molecule has 0 bridgehead atoms. The molecule has 0 aromatic carbocycles. The number of nitrogens with zero attached hydrogens (tertiary/aromatic N) is 4. The van der Waals surface area contributed by atoms with Gasteiger partial charge in [0.05, 0.1) is 0 Å². The van der Waals surface area contributed by atoms with Gasteiger partial charge in [-0.05, 0) is 12.0 Å². The summed E-state index contributed by atoms with van der Waals surface area (Å²) in [5.74, 6) is 1.62. The Labute approximate surface area is 99.3 Å². The van der Waals surface area contributed by atoms with Crippen LogP contribution in [0.1, 0.15) is 25.5 Å². The molecule has 5 heteroatoms.